The number of alkyl halides is 3. The molecule has 0 radical (unpaired) electrons. The first-order valence-corrected chi connectivity index (χ1v) is 6.01. The summed E-state index contributed by atoms with van der Waals surface area (Å²) in [5, 5.41) is 22.5. The van der Waals surface area contributed by atoms with Crippen molar-refractivity contribution in [2.75, 3.05) is 0 Å². The SMILES string of the molecule is O=C(O)c1cc(Cn2nnc(C(F)(F)F)n2)nn1C1CC1. The quantitative estimate of drug-likeness (QED) is 0.903. The maximum absolute atomic E-state index is 12.4. The van der Waals surface area contributed by atoms with Gasteiger partial charge >= 0.3 is 12.1 Å². The summed E-state index contributed by atoms with van der Waals surface area (Å²) >= 11 is 0. The number of carbonyl (C=O) groups is 1. The minimum absolute atomic E-state index is 0.00339. The highest BCUT2D eigenvalue weighted by molar-refractivity contribution is 5.85. The first-order valence-electron chi connectivity index (χ1n) is 6.01. The summed E-state index contributed by atoms with van der Waals surface area (Å²) in [6.07, 6.45) is -3.00. The van der Waals surface area contributed by atoms with Crippen molar-refractivity contribution in [2.24, 2.45) is 0 Å². The Morgan fingerprint density at radius 2 is 2.10 bits per heavy atom. The highest BCUT2D eigenvalue weighted by Crippen LogP contribution is 2.35. The largest absolute Gasteiger partial charge is 0.477 e. The van der Waals surface area contributed by atoms with Crippen LogP contribution in [-0.2, 0) is 12.7 Å². The third kappa shape index (κ3) is 2.71. The molecule has 8 nitrogen and oxygen atoms in total. The Kier molecular flexibility index (Phi) is 2.92. The number of tetrazole rings is 1. The van der Waals surface area contributed by atoms with Gasteiger partial charge in [0.25, 0.3) is 5.82 Å². The molecule has 0 atom stereocenters. The van der Waals surface area contributed by atoms with Gasteiger partial charge < -0.3 is 5.11 Å². The van der Waals surface area contributed by atoms with Gasteiger partial charge in [-0.3, -0.25) is 4.68 Å². The minimum atomic E-state index is -4.67. The van der Waals surface area contributed by atoms with Crippen LogP contribution in [0, 0.1) is 0 Å². The number of aromatic carboxylic acids is 1. The van der Waals surface area contributed by atoms with Gasteiger partial charge in [0, 0.05) is 0 Å². The summed E-state index contributed by atoms with van der Waals surface area (Å²) in [7, 11) is 0. The molecule has 2 aromatic heterocycles. The van der Waals surface area contributed by atoms with Crippen LogP contribution >= 0.6 is 0 Å². The first kappa shape index (κ1) is 13.5. The Bertz CT molecular complexity index is 687. The van der Waals surface area contributed by atoms with E-state index in [0.29, 0.717) is 0 Å². The number of carboxylic acid groups (broad SMARTS) is 1. The number of rotatable bonds is 4. The van der Waals surface area contributed by atoms with E-state index in [-0.39, 0.29) is 24.0 Å². The molecule has 1 aliphatic carbocycles. The van der Waals surface area contributed by atoms with Gasteiger partial charge in [-0.1, -0.05) is 0 Å². The van der Waals surface area contributed by atoms with E-state index in [1.807, 2.05) is 0 Å². The van der Waals surface area contributed by atoms with Gasteiger partial charge in [-0.2, -0.15) is 23.1 Å². The van der Waals surface area contributed by atoms with Crippen LogP contribution in [0.15, 0.2) is 6.07 Å². The summed E-state index contributed by atoms with van der Waals surface area (Å²) in [6.45, 7) is -0.178. The van der Waals surface area contributed by atoms with E-state index >= 15 is 0 Å². The first-order chi connectivity index (χ1) is 9.84. The fraction of sp³-hybridized carbons (Fsp3) is 0.500. The van der Waals surface area contributed by atoms with Gasteiger partial charge in [0.1, 0.15) is 12.2 Å². The molecule has 1 N–H and O–H groups in total. The molecule has 3 rings (SSSR count). The van der Waals surface area contributed by atoms with Crippen molar-refractivity contribution < 1.29 is 23.1 Å². The Balaban J connectivity index is 1.83. The molecule has 1 saturated carbocycles. The predicted octanol–water partition coefficient (Wildman–Crippen LogP) is 0.970. The van der Waals surface area contributed by atoms with Crippen LogP contribution in [0.2, 0.25) is 0 Å². The van der Waals surface area contributed by atoms with Crippen LogP contribution in [0.25, 0.3) is 0 Å². The summed E-state index contributed by atoms with van der Waals surface area (Å²) in [4.78, 5) is 11.8. The van der Waals surface area contributed by atoms with E-state index < -0.39 is 18.0 Å². The summed E-state index contributed by atoms with van der Waals surface area (Å²) in [5.41, 5.74) is 0.272. The molecule has 0 amide bonds. The van der Waals surface area contributed by atoms with Crippen LogP contribution in [0.5, 0.6) is 0 Å². The fourth-order valence-electron chi connectivity index (χ4n) is 1.85. The lowest BCUT2D eigenvalue weighted by Gasteiger charge is -2.00. The third-order valence-corrected chi connectivity index (χ3v) is 2.91. The molecule has 0 bridgehead atoms. The fourth-order valence-corrected chi connectivity index (χ4v) is 1.85. The zero-order chi connectivity index (χ0) is 15.2. The minimum Gasteiger partial charge on any atom is -0.477 e. The van der Waals surface area contributed by atoms with Crippen LogP contribution in [-0.4, -0.2) is 41.1 Å². The zero-order valence-electron chi connectivity index (χ0n) is 10.4. The number of nitrogens with zero attached hydrogens (tertiary/aromatic N) is 6. The van der Waals surface area contributed by atoms with Crippen molar-refractivity contribution in [3.63, 3.8) is 0 Å². The Morgan fingerprint density at radius 3 is 2.62 bits per heavy atom. The molecule has 11 heteroatoms. The lowest BCUT2D eigenvalue weighted by Crippen LogP contribution is -2.10. The lowest BCUT2D eigenvalue weighted by atomic mass is 10.3. The molecule has 2 aromatic rings. The van der Waals surface area contributed by atoms with Gasteiger partial charge in [0.2, 0.25) is 0 Å². The second-order valence-electron chi connectivity index (χ2n) is 4.64. The molecule has 1 aliphatic rings. The van der Waals surface area contributed by atoms with Gasteiger partial charge in [-0.05, 0) is 24.1 Å². The number of hydrogen-bond acceptors (Lipinski definition) is 5. The van der Waals surface area contributed by atoms with Crippen LogP contribution in [0.4, 0.5) is 13.2 Å². The second kappa shape index (κ2) is 4.53. The molecule has 0 aliphatic heterocycles. The van der Waals surface area contributed by atoms with E-state index in [4.69, 9.17) is 5.11 Å². The molecule has 0 unspecified atom stereocenters. The molecule has 0 aromatic carbocycles. The Morgan fingerprint density at radius 1 is 1.38 bits per heavy atom. The predicted molar refractivity (Wildman–Crippen MR) is 59.4 cm³/mol. The van der Waals surface area contributed by atoms with E-state index in [2.05, 4.69) is 20.5 Å². The summed E-state index contributed by atoms with van der Waals surface area (Å²) < 4.78 is 38.4. The average Bonchev–Trinajstić information content (AvgIpc) is 2.96. The molecule has 112 valence electrons. The topological polar surface area (TPSA) is 98.7 Å². The smallest absolute Gasteiger partial charge is 0.455 e. The van der Waals surface area contributed by atoms with Gasteiger partial charge in [-0.25, -0.2) is 4.79 Å². The van der Waals surface area contributed by atoms with E-state index in [9.17, 15) is 18.0 Å². The van der Waals surface area contributed by atoms with E-state index in [1.165, 1.54) is 10.7 Å². The normalized spacial score (nSPS) is 15.4. The molecular formula is C10H9F3N6O2. The summed E-state index contributed by atoms with van der Waals surface area (Å²) in [5.74, 6) is -2.48. The van der Waals surface area contributed by atoms with Crippen molar-refractivity contribution in [3.8, 4) is 0 Å². The number of hydrogen-bond donors (Lipinski definition) is 1. The van der Waals surface area contributed by atoms with Gasteiger partial charge in [-0.15, -0.1) is 10.2 Å². The standard InChI is InChI=1S/C10H9F3N6O2/c11-10(12,13)9-14-17-18(16-9)4-5-3-7(8(20)21)19(15-5)6-1-2-6/h3,6H,1-2,4H2,(H,20,21). The van der Waals surface area contributed by atoms with Crippen molar-refractivity contribution in [3.05, 3.63) is 23.3 Å². The number of carboxylic acids is 1. The molecule has 0 spiro atoms. The van der Waals surface area contributed by atoms with Crippen molar-refractivity contribution in [1.29, 1.82) is 0 Å². The van der Waals surface area contributed by atoms with Crippen molar-refractivity contribution >= 4 is 5.97 Å². The van der Waals surface area contributed by atoms with Crippen molar-refractivity contribution in [1.82, 2.24) is 30.0 Å². The molecule has 0 saturated heterocycles. The van der Waals surface area contributed by atoms with Crippen LogP contribution in [0.1, 0.15) is 40.9 Å². The third-order valence-electron chi connectivity index (χ3n) is 2.91. The van der Waals surface area contributed by atoms with Gasteiger partial charge in [0.05, 0.1) is 11.7 Å². The molecule has 2 heterocycles. The van der Waals surface area contributed by atoms with Crippen molar-refractivity contribution in [2.45, 2.75) is 31.6 Å². The lowest BCUT2D eigenvalue weighted by molar-refractivity contribution is -0.145. The highest BCUT2D eigenvalue weighted by atomic mass is 19.4. The number of halogens is 3. The Hall–Kier alpha value is -2.46. The summed E-state index contributed by atoms with van der Waals surface area (Å²) in [6, 6.07) is 1.34. The number of aromatic nitrogens is 6. The van der Waals surface area contributed by atoms with E-state index in [1.54, 1.807) is 0 Å². The highest BCUT2D eigenvalue weighted by Gasteiger charge is 2.37. The molecular weight excluding hydrogens is 293 g/mol. The molecule has 1 fully saturated rings. The van der Waals surface area contributed by atoms with Gasteiger partial charge in [0.15, 0.2) is 0 Å². The monoisotopic (exact) mass is 302 g/mol. The average molecular weight is 302 g/mol. The van der Waals surface area contributed by atoms with Crippen LogP contribution < -0.4 is 0 Å². The maximum Gasteiger partial charge on any atom is 0.455 e. The zero-order valence-corrected chi connectivity index (χ0v) is 10.4. The maximum atomic E-state index is 12.4. The van der Waals surface area contributed by atoms with E-state index in [0.717, 1.165) is 17.6 Å². The second-order valence-corrected chi connectivity index (χ2v) is 4.64. The molecule has 21 heavy (non-hydrogen) atoms. The Labute approximate surface area is 115 Å². The van der Waals surface area contributed by atoms with Crippen LogP contribution in [0.3, 0.4) is 0 Å².